The summed E-state index contributed by atoms with van der Waals surface area (Å²) < 4.78 is 52.9. The second-order valence-electron chi connectivity index (χ2n) is 11.0. The summed E-state index contributed by atoms with van der Waals surface area (Å²) in [6.07, 6.45) is 1.82. The summed E-state index contributed by atoms with van der Waals surface area (Å²) in [6, 6.07) is 22.9. The summed E-state index contributed by atoms with van der Waals surface area (Å²) in [5.74, 6) is 0.517. The molecule has 5 rings (SSSR count). The average molecular weight is 579 g/mol. The van der Waals surface area contributed by atoms with Crippen molar-refractivity contribution in [3.8, 4) is 5.75 Å². The number of methoxy groups -OCH3 is 1. The van der Waals surface area contributed by atoms with Gasteiger partial charge in [0.05, 0.1) is 13.7 Å². The lowest BCUT2D eigenvalue weighted by Crippen LogP contribution is -2.60. The maximum absolute atomic E-state index is 15.1. The van der Waals surface area contributed by atoms with Gasteiger partial charge in [-0.3, -0.25) is 0 Å². The fourth-order valence-corrected chi connectivity index (χ4v) is 5.60. The molecular formula is C35H43FO6. The Bertz CT molecular complexity index is 1240. The summed E-state index contributed by atoms with van der Waals surface area (Å²) in [5, 5.41) is 0. The van der Waals surface area contributed by atoms with E-state index < -0.39 is 18.5 Å². The Hall–Kier alpha value is -2.81. The zero-order valence-electron chi connectivity index (χ0n) is 24.9. The van der Waals surface area contributed by atoms with E-state index >= 15 is 4.39 Å². The molecule has 226 valence electrons. The van der Waals surface area contributed by atoms with Crippen molar-refractivity contribution in [1.29, 1.82) is 0 Å². The lowest BCUT2D eigenvalue weighted by atomic mass is 9.88. The first-order valence-electron chi connectivity index (χ1n) is 15.2. The van der Waals surface area contributed by atoms with Gasteiger partial charge in [-0.05, 0) is 53.8 Å². The minimum Gasteiger partial charge on any atom is -0.497 e. The minimum atomic E-state index is -0.511. The molecule has 2 aliphatic heterocycles. The Labute approximate surface area is 249 Å². The fraction of sp³-hybridized carbons (Fsp3) is 0.486. The molecule has 0 aromatic heterocycles. The summed E-state index contributed by atoms with van der Waals surface area (Å²) in [5.41, 5.74) is 3.40. The van der Waals surface area contributed by atoms with Crippen LogP contribution in [-0.2, 0) is 30.1 Å². The van der Waals surface area contributed by atoms with Crippen LogP contribution in [0.25, 0.3) is 0 Å². The minimum absolute atomic E-state index is 0.252. The second kappa shape index (κ2) is 15.1. The van der Waals surface area contributed by atoms with Crippen molar-refractivity contribution in [2.75, 3.05) is 26.9 Å². The van der Waals surface area contributed by atoms with E-state index in [0.29, 0.717) is 31.8 Å². The Morgan fingerprint density at radius 1 is 0.810 bits per heavy atom. The van der Waals surface area contributed by atoms with Gasteiger partial charge >= 0.3 is 0 Å². The molecule has 0 amide bonds. The molecule has 0 bridgehead atoms. The van der Waals surface area contributed by atoms with Crippen molar-refractivity contribution in [1.82, 2.24) is 0 Å². The smallest absolute Gasteiger partial charge is 0.184 e. The molecule has 0 spiro atoms. The van der Waals surface area contributed by atoms with E-state index in [9.17, 15) is 0 Å². The van der Waals surface area contributed by atoms with E-state index in [-0.39, 0.29) is 24.1 Å². The molecule has 0 aliphatic carbocycles. The molecule has 0 saturated carbocycles. The number of rotatable bonds is 13. The number of benzene rings is 3. The van der Waals surface area contributed by atoms with Crippen LogP contribution in [0.2, 0.25) is 0 Å². The van der Waals surface area contributed by atoms with Gasteiger partial charge in [0, 0.05) is 25.2 Å². The SMILES string of the molecule is CCCCOC1C(c2ccc(F)c(Cc3ccc(OC)cc3)c2)OC2COC(c3ccccc3)OC2C1OCCCC. The summed E-state index contributed by atoms with van der Waals surface area (Å²) in [7, 11) is 1.63. The maximum atomic E-state index is 15.1. The van der Waals surface area contributed by atoms with Crippen LogP contribution in [-0.4, -0.2) is 51.3 Å². The Balaban J connectivity index is 1.44. The van der Waals surface area contributed by atoms with Gasteiger partial charge in [0.15, 0.2) is 6.29 Å². The van der Waals surface area contributed by atoms with Crippen molar-refractivity contribution in [3.63, 3.8) is 0 Å². The van der Waals surface area contributed by atoms with Gasteiger partial charge in [0.2, 0.25) is 0 Å². The molecule has 6 unspecified atom stereocenters. The van der Waals surface area contributed by atoms with Crippen molar-refractivity contribution >= 4 is 0 Å². The number of hydrogen-bond acceptors (Lipinski definition) is 6. The van der Waals surface area contributed by atoms with E-state index in [1.54, 1.807) is 13.2 Å². The molecular weight excluding hydrogens is 535 g/mol. The molecule has 3 aromatic rings. The van der Waals surface area contributed by atoms with Crippen molar-refractivity contribution < 1.29 is 32.8 Å². The monoisotopic (exact) mass is 578 g/mol. The third-order valence-electron chi connectivity index (χ3n) is 7.97. The van der Waals surface area contributed by atoms with Crippen molar-refractivity contribution in [2.24, 2.45) is 0 Å². The van der Waals surface area contributed by atoms with E-state index in [1.807, 2.05) is 60.7 Å². The highest BCUT2D eigenvalue weighted by Gasteiger charge is 2.51. The van der Waals surface area contributed by atoms with Gasteiger partial charge in [-0.1, -0.05) is 75.2 Å². The molecule has 2 fully saturated rings. The normalized spacial score (nSPS) is 25.6. The molecule has 0 radical (unpaired) electrons. The molecule has 2 saturated heterocycles. The van der Waals surface area contributed by atoms with Gasteiger partial charge in [-0.15, -0.1) is 0 Å². The molecule has 7 heteroatoms. The number of fused-ring (bicyclic) bond motifs is 1. The predicted molar refractivity (Wildman–Crippen MR) is 159 cm³/mol. The fourth-order valence-electron chi connectivity index (χ4n) is 5.60. The van der Waals surface area contributed by atoms with Crippen LogP contribution in [0.4, 0.5) is 4.39 Å². The number of hydrogen-bond donors (Lipinski definition) is 0. The largest absolute Gasteiger partial charge is 0.497 e. The topological polar surface area (TPSA) is 55.4 Å². The summed E-state index contributed by atoms with van der Waals surface area (Å²) >= 11 is 0. The van der Waals surface area contributed by atoms with Crippen molar-refractivity contribution in [2.45, 2.75) is 82.8 Å². The first kappa shape index (κ1) is 30.6. The third kappa shape index (κ3) is 7.39. The zero-order valence-corrected chi connectivity index (χ0v) is 24.9. The molecule has 6 nitrogen and oxygen atoms in total. The van der Waals surface area contributed by atoms with Gasteiger partial charge in [0.1, 0.15) is 42.1 Å². The average Bonchev–Trinajstić information content (AvgIpc) is 3.03. The Kier molecular flexibility index (Phi) is 11.0. The first-order valence-corrected chi connectivity index (χ1v) is 15.2. The van der Waals surface area contributed by atoms with Crippen LogP contribution in [0.3, 0.4) is 0 Å². The highest BCUT2D eigenvalue weighted by atomic mass is 19.1. The van der Waals surface area contributed by atoms with Crippen LogP contribution >= 0.6 is 0 Å². The van der Waals surface area contributed by atoms with Crippen LogP contribution in [0.1, 0.15) is 74.2 Å². The van der Waals surface area contributed by atoms with Crippen LogP contribution < -0.4 is 4.74 Å². The van der Waals surface area contributed by atoms with E-state index in [0.717, 1.165) is 48.1 Å². The van der Waals surface area contributed by atoms with E-state index in [2.05, 4.69) is 13.8 Å². The van der Waals surface area contributed by atoms with Gasteiger partial charge in [0.25, 0.3) is 0 Å². The highest BCUT2D eigenvalue weighted by molar-refractivity contribution is 5.35. The van der Waals surface area contributed by atoms with Crippen LogP contribution in [0, 0.1) is 5.82 Å². The lowest BCUT2D eigenvalue weighted by Gasteiger charge is -2.49. The molecule has 42 heavy (non-hydrogen) atoms. The number of unbranched alkanes of at least 4 members (excludes halogenated alkanes) is 2. The zero-order chi connectivity index (χ0) is 29.3. The lowest BCUT2D eigenvalue weighted by molar-refractivity contribution is -0.339. The first-order chi connectivity index (χ1) is 20.6. The highest BCUT2D eigenvalue weighted by Crippen LogP contribution is 2.42. The van der Waals surface area contributed by atoms with Gasteiger partial charge in [-0.25, -0.2) is 4.39 Å². The predicted octanol–water partition coefficient (Wildman–Crippen LogP) is 7.35. The standard InChI is InChI=1S/C35H43FO6/c1-4-6-19-38-33-31(26-15-18-29(36)27(22-26)21-24-13-16-28(37-3)17-14-24)41-30-23-40-35(25-11-9-8-10-12-25)42-32(30)34(33)39-20-7-5-2/h8-18,22,30-35H,4-7,19-21,23H2,1-3H3. The van der Waals surface area contributed by atoms with Crippen molar-refractivity contribution in [3.05, 3.63) is 101 Å². The molecule has 6 atom stereocenters. The molecule has 2 heterocycles. The molecule has 0 N–H and O–H groups in total. The third-order valence-corrected chi connectivity index (χ3v) is 7.97. The molecule has 2 aliphatic rings. The van der Waals surface area contributed by atoms with Gasteiger partial charge in [-0.2, -0.15) is 0 Å². The quantitative estimate of drug-likeness (QED) is 0.198. The molecule has 3 aromatic carbocycles. The van der Waals surface area contributed by atoms with Gasteiger partial charge < -0.3 is 28.4 Å². The summed E-state index contributed by atoms with van der Waals surface area (Å²) in [6.45, 7) is 5.81. The number of ether oxygens (including phenoxy) is 6. The van der Waals surface area contributed by atoms with E-state index in [1.165, 1.54) is 6.07 Å². The second-order valence-corrected chi connectivity index (χ2v) is 11.0. The summed E-state index contributed by atoms with van der Waals surface area (Å²) in [4.78, 5) is 0. The maximum Gasteiger partial charge on any atom is 0.184 e. The Morgan fingerprint density at radius 3 is 2.21 bits per heavy atom. The van der Waals surface area contributed by atoms with Crippen LogP contribution in [0.15, 0.2) is 72.8 Å². The Morgan fingerprint density at radius 2 is 1.52 bits per heavy atom. The number of halogens is 1. The van der Waals surface area contributed by atoms with E-state index in [4.69, 9.17) is 28.4 Å². The van der Waals surface area contributed by atoms with Crippen LogP contribution in [0.5, 0.6) is 5.75 Å².